The summed E-state index contributed by atoms with van der Waals surface area (Å²) in [5, 5.41) is 16.7. The summed E-state index contributed by atoms with van der Waals surface area (Å²) in [4.78, 5) is 10.0. The fourth-order valence-corrected chi connectivity index (χ4v) is 0.518. The Hall–Kier alpha value is -0.650. The standard InChI is InChI=1S/C4H6O5/c5-3(6)2-1-8-4(7)9-2/h2,4,7H,1H2,(H,5,6). The Labute approximate surface area is 50.8 Å². The summed E-state index contributed by atoms with van der Waals surface area (Å²) in [5.41, 5.74) is 0. The van der Waals surface area contributed by atoms with Crippen LogP contribution >= 0.6 is 0 Å². The van der Waals surface area contributed by atoms with E-state index in [9.17, 15) is 4.79 Å². The van der Waals surface area contributed by atoms with Gasteiger partial charge in [0.05, 0.1) is 6.61 Å². The van der Waals surface area contributed by atoms with Crippen molar-refractivity contribution in [3.05, 3.63) is 0 Å². The molecule has 0 spiro atoms. The highest BCUT2D eigenvalue weighted by atomic mass is 16.8. The summed E-state index contributed by atoms with van der Waals surface area (Å²) in [6, 6.07) is 0. The lowest BCUT2D eigenvalue weighted by Gasteiger charge is -1.99. The summed E-state index contributed by atoms with van der Waals surface area (Å²) in [7, 11) is 0. The molecule has 0 radical (unpaired) electrons. The molecule has 1 saturated heterocycles. The van der Waals surface area contributed by atoms with Crippen LogP contribution in [0.4, 0.5) is 0 Å². The molecule has 0 bridgehead atoms. The van der Waals surface area contributed by atoms with Crippen LogP contribution in [0.2, 0.25) is 0 Å². The van der Waals surface area contributed by atoms with Crippen LogP contribution in [0, 0.1) is 0 Å². The molecule has 1 heterocycles. The molecule has 2 atom stereocenters. The van der Waals surface area contributed by atoms with Crippen molar-refractivity contribution >= 4 is 5.97 Å². The topological polar surface area (TPSA) is 76.0 Å². The summed E-state index contributed by atoms with van der Waals surface area (Å²) in [6.45, 7) is -1.46. The Morgan fingerprint density at radius 2 is 2.33 bits per heavy atom. The van der Waals surface area contributed by atoms with Gasteiger partial charge < -0.3 is 19.7 Å². The van der Waals surface area contributed by atoms with E-state index in [0.29, 0.717) is 0 Å². The summed E-state index contributed by atoms with van der Waals surface area (Å²) in [6.07, 6.45) is -1.01. The molecule has 1 aliphatic heterocycles. The summed E-state index contributed by atoms with van der Waals surface area (Å²) < 4.78 is 8.74. The summed E-state index contributed by atoms with van der Waals surface area (Å²) >= 11 is 0. The van der Waals surface area contributed by atoms with Crippen LogP contribution in [0.5, 0.6) is 0 Å². The van der Waals surface area contributed by atoms with Crippen molar-refractivity contribution in [2.75, 3.05) is 6.61 Å². The van der Waals surface area contributed by atoms with E-state index in [2.05, 4.69) is 9.47 Å². The lowest BCUT2D eigenvalue weighted by molar-refractivity contribution is -0.208. The number of rotatable bonds is 1. The number of carboxylic acids is 1. The van der Waals surface area contributed by atoms with Gasteiger partial charge in [-0.05, 0) is 0 Å². The van der Waals surface area contributed by atoms with Crippen LogP contribution in [-0.2, 0) is 14.3 Å². The average molecular weight is 134 g/mol. The van der Waals surface area contributed by atoms with Crippen molar-refractivity contribution in [3.8, 4) is 0 Å². The number of ether oxygens (including phenoxy) is 2. The van der Waals surface area contributed by atoms with Crippen molar-refractivity contribution in [2.45, 2.75) is 12.6 Å². The first-order valence-electron chi connectivity index (χ1n) is 2.38. The second kappa shape index (κ2) is 2.30. The summed E-state index contributed by atoms with van der Waals surface area (Å²) in [5.74, 6) is -1.12. The van der Waals surface area contributed by atoms with Crippen LogP contribution in [0.15, 0.2) is 0 Å². The first-order valence-corrected chi connectivity index (χ1v) is 2.38. The third kappa shape index (κ3) is 1.38. The van der Waals surface area contributed by atoms with Gasteiger partial charge in [-0.1, -0.05) is 0 Å². The minimum Gasteiger partial charge on any atom is -0.479 e. The first-order chi connectivity index (χ1) is 4.20. The van der Waals surface area contributed by atoms with Crippen LogP contribution in [0.1, 0.15) is 0 Å². The highest BCUT2D eigenvalue weighted by Crippen LogP contribution is 2.07. The molecular formula is C4H6O5. The van der Waals surface area contributed by atoms with E-state index >= 15 is 0 Å². The number of hydrogen-bond donors (Lipinski definition) is 2. The largest absolute Gasteiger partial charge is 0.479 e. The molecule has 9 heavy (non-hydrogen) atoms. The molecule has 0 saturated carbocycles. The molecule has 0 aliphatic carbocycles. The highest BCUT2D eigenvalue weighted by Gasteiger charge is 2.29. The second-order valence-electron chi connectivity index (χ2n) is 1.60. The van der Waals surface area contributed by atoms with Crippen molar-refractivity contribution in [1.82, 2.24) is 0 Å². The van der Waals surface area contributed by atoms with Crippen LogP contribution in [0.25, 0.3) is 0 Å². The lowest BCUT2D eigenvalue weighted by atomic mass is 10.4. The van der Waals surface area contributed by atoms with Crippen LogP contribution in [0.3, 0.4) is 0 Å². The normalized spacial score (nSPS) is 34.8. The monoisotopic (exact) mass is 134 g/mol. The molecule has 2 N–H and O–H groups in total. The first kappa shape index (κ1) is 6.47. The van der Waals surface area contributed by atoms with Gasteiger partial charge in [0.25, 0.3) is 6.48 Å². The molecule has 0 aromatic heterocycles. The number of aliphatic carboxylic acids is 1. The minimum absolute atomic E-state index is 0.0868. The fourth-order valence-electron chi connectivity index (χ4n) is 0.518. The Morgan fingerprint density at radius 3 is 2.56 bits per heavy atom. The van der Waals surface area contributed by atoms with Gasteiger partial charge in [-0.2, -0.15) is 0 Å². The maximum absolute atomic E-state index is 10.0. The number of carboxylic acid groups (broad SMARTS) is 1. The van der Waals surface area contributed by atoms with E-state index in [4.69, 9.17) is 10.2 Å². The predicted octanol–water partition coefficient (Wildman–Crippen LogP) is -1.24. The number of hydrogen-bond acceptors (Lipinski definition) is 4. The Kier molecular flexibility index (Phi) is 1.65. The molecule has 5 nitrogen and oxygen atoms in total. The maximum Gasteiger partial charge on any atom is 0.335 e. The van der Waals surface area contributed by atoms with Crippen molar-refractivity contribution in [3.63, 3.8) is 0 Å². The Balaban J connectivity index is 2.39. The van der Waals surface area contributed by atoms with Gasteiger partial charge in [0.1, 0.15) is 0 Å². The molecule has 0 aromatic carbocycles. The molecule has 0 aromatic rings. The number of carbonyl (C=O) groups is 1. The molecule has 52 valence electrons. The van der Waals surface area contributed by atoms with Crippen molar-refractivity contribution in [1.29, 1.82) is 0 Å². The van der Waals surface area contributed by atoms with Crippen molar-refractivity contribution < 1.29 is 24.5 Å². The van der Waals surface area contributed by atoms with Gasteiger partial charge >= 0.3 is 5.97 Å². The van der Waals surface area contributed by atoms with Crippen molar-refractivity contribution in [2.24, 2.45) is 0 Å². The molecule has 0 amide bonds. The smallest absolute Gasteiger partial charge is 0.335 e. The van der Waals surface area contributed by atoms with Gasteiger partial charge in [-0.25, -0.2) is 4.79 Å². The zero-order chi connectivity index (χ0) is 6.85. The Morgan fingerprint density at radius 1 is 1.67 bits per heavy atom. The van der Waals surface area contributed by atoms with E-state index in [0.717, 1.165) is 0 Å². The number of aliphatic hydroxyl groups excluding tert-OH is 1. The third-order valence-electron chi connectivity index (χ3n) is 0.946. The molecule has 1 fully saturated rings. The quantitative estimate of drug-likeness (QED) is 0.469. The molecule has 1 aliphatic rings. The van der Waals surface area contributed by atoms with Crippen LogP contribution < -0.4 is 0 Å². The third-order valence-corrected chi connectivity index (χ3v) is 0.946. The number of aliphatic hydroxyl groups is 1. The molecule has 1 rings (SSSR count). The van der Waals surface area contributed by atoms with Gasteiger partial charge in [-0.15, -0.1) is 0 Å². The van der Waals surface area contributed by atoms with E-state index in [1.54, 1.807) is 0 Å². The fraction of sp³-hybridized carbons (Fsp3) is 0.750. The van der Waals surface area contributed by atoms with E-state index in [-0.39, 0.29) is 6.61 Å². The van der Waals surface area contributed by atoms with E-state index in [1.165, 1.54) is 0 Å². The zero-order valence-corrected chi connectivity index (χ0v) is 4.48. The van der Waals surface area contributed by atoms with Gasteiger partial charge in [0.2, 0.25) is 0 Å². The van der Waals surface area contributed by atoms with E-state index in [1.807, 2.05) is 0 Å². The van der Waals surface area contributed by atoms with E-state index < -0.39 is 18.5 Å². The average Bonchev–Trinajstić information content (AvgIpc) is 2.14. The van der Waals surface area contributed by atoms with Gasteiger partial charge in [0.15, 0.2) is 6.10 Å². The molecule has 2 unspecified atom stereocenters. The zero-order valence-electron chi connectivity index (χ0n) is 4.48. The molecular weight excluding hydrogens is 128 g/mol. The van der Waals surface area contributed by atoms with Gasteiger partial charge in [-0.3, -0.25) is 0 Å². The lowest BCUT2D eigenvalue weighted by Crippen LogP contribution is -2.22. The maximum atomic E-state index is 10.0. The predicted molar refractivity (Wildman–Crippen MR) is 24.5 cm³/mol. The SMILES string of the molecule is O=C(O)C1COC(O)O1. The second-order valence-corrected chi connectivity index (χ2v) is 1.60. The van der Waals surface area contributed by atoms with Gasteiger partial charge in [0, 0.05) is 0 Å². The highest BCUT2D eigenvalue weighted by molar-refractivity contribution is 5.72. The van der Waals surface area contributed by atoms with Crippen LogP contribution in [-0.4, -0.2) is 35.4 Å². The Bertz CT molecular complexity index is 122. The minimum atomic E-state index is -1.37. The molecule has 5 heteroatoms.